The van der Waals surface area contributed by atoms with E-state index >= 15 is 0 Å². The molecule has 0 aromatic rings. The Morgan fingerprint density at radius 3 is 1.42 bits per heavy atom. The van der Waals surface area contributed by atoms with Gasteiger partial charge in [-0.25, -0.2) is 4.57 Å². The fourth-order valence-electron chi connectivity index (χ4n) is 2.95. The first-order valence-electron chi connectivity index (χ1n) is 10.7. The molecule has 0 bridgehead atoms. The molecule has 1 atom stereocenters. The predicted octanol–water partition coefficient (Wildman–Crippen LogP) is 6.64. The third kappa shape index (κ3) is 17.5. The molecule has 0 saturated heterocycles. The monoisotopic (exact) mass is 394 g/mol. The highest BCUT2D eigenvalue weighted by Gasteiger charge is 2.23. The molecule has 0 aliphatic rings. The van der Waals surface area contributed by atoms with Crippen molar-refractivity contribution in [2.45, 2.75) is 103 Å². The summed E-state index contributed by atoms with van der Waals surface area (Å²) in [6.07, 6.45) is 19.6. The van der Waals surface area contributed by atoms with Crippen molar-refractivity contribution in [3.05, 3.63) is 0 Å². The van der Waals surface area contributed by atoms with Gasteiger partial charge < -0.3 is 5.11 Å². The van der Waals surface area contributed by atoms with Gasteiger partial charge in [0.25, 0.3) is 0 Å². The highest BCUT2D eigenvalue weighted by molar-refractivity contribution is 7.48. The van der Waals surface area contributed by atoms with Crippen LogP contribution in [0.5, 0.6) is 0 Å². The van der Waals surface area contributed by atoms with Gasteiger partial charge in [0.05, 0.1) is 19.8 Å². The highest BCUT2D eigenvalue weighted by atomic mass is 31.2. The summed E-state index contributed by atoms with van der Waals surface area (Å²) in [5, 5.41) is 8.68. The molecule has 26 heavy (non-hydrogen) atoms. The second kappa shape index (κ2) is 19.8. The number of phosphoric ester groups is 1. The standard InChI is InChI=1S/C20H43O5P/c1-3-4-5-6-7-8-9-10-11-12-13-14-15-16-17-19-24-26(22,23-2)25-20-18-21/h21H,3-20H2,1-2H3. The maximum Gasteiger partial charge on any atom is 0.474 e. The Bertz CT molecular complexity index is 325. The topological polar surface area (TPSA) is 65.0 Å². The van der Waals surface area contributed by atoms with Gasteiger partial charge >= 0.3 is 7.82 Å². The van der Waals surface area contributed by atoms with E-state index in [-0.39, 0.29) is 13.2 Å². The van der Waals surface area contributed by atoms with Gasteiger partial charge in [0.2, 0.25) is 0 Å². The van der Waals surface area contributed by atoms with Gasteiger partial charge in [-0.05, 0) is 6.42 Å². The first kappa shape index (κ1) is 26.1. The number of aliphatic hydroxyl groups is 1. The smallest absolute Gasteiger partial charge is 0.394 e. The summed E-state index contributed by atoms with van der Waals surface area (Å²) in [4.78, 5) is 0. The highest BCUT2D eigenvalue weighted by Crippen LogP contribution is 2.48. The van der Waals surface area contributed by atoms with Crippen molar-refractivity contribution in [2.75, 3.05) is 26.9 Å². The molecule has 0 rings (SSSR count). The van der Waals surface area contributed by atoms with Crippen LogP contribution in [0.15, 0.2) is 0 Å². The minimum Gasteiger partial charge on any atom is -0.394 e. The molecule has 0 aromatic carbocycles. The third-order valence-corrected chi connectivity index (χ3v) is 6.01. The Labute approximate surface area is 161 Å². The Balaban J connectivity index is 3.25. The Morgan fingerprint density at radius 2 is 1.04 bits per heavy atom. The van der Waals surface area contributed by atoms with E-state index in [0.29, 0.717) is 6.61 Å². The van der Waals surface area contributed by atoms with Crippen LogP contribution in [-0.4, -0.2) is 32.0 Å². The molecule has 0 aliphatic carbocycles. The summed E-state index contributed by atoms with van der Waals surface area (Å²) >= 11 is 0. The SMILES string of the molecule is CCCCCCCCCCCCCCCCCOP(=O)(OC)OCCO. The first-order valence-corrected chi connectivity index (χ1v) is 12.2. The molecule has 0 amide bonds. The predicted molar refractivity (Wildman–Crippen MR) is 109 cm³/mol. The average Bonchev–Trinajstić information content (AvgIpc) is 2.66. The minimum atomic E-state index is -3.46. The van der Waals surface area contributed by atoms with Crippen LogP contribution in [0.1, 0.15) is 103 Å². The zero-order chi connectivity index (χ0) is 19.3. The normalized spacial score (nSPS) is 13.8. The lowest BCUT2D eigenvalue weighted by molar-refractivity contribution is 0.108. The molecule has 1 unspecified atom stereocenters. The van der Waals surface area contributed by atoms with Crippen molar-refractivity contribution >= 4 is 7.82 Å². The first-order chi connectivity index (χ1) is 12.7. The van der Waals surface area contributed by atoms with E-state index in [0.717, 1.165) is 12.8 Å². The summed E-state index contributed by atoms with van der Waals surface area (Å²) in [6.45, 7) is 2.40. The summed E-state index contributed by atoms with van der Waals surface area (Å²) in [5.41, 5.74) is 0. The minimum absolute atomic E-state index is 0.0377. The maximum atomic E-state index is 11.9. The van der Waals surface area contributed by atoms with E-state index in [4.69, 9.17) is 18.7 Å². The number of aliphatic hydroxyl groups excluding tert-OH is 1. The lowest BCUT2D eigenvalue weighted by atomic mass is 10.0. The van der Waals surface area contributed by atoms with E-state index in [1.165, 1.54) is 90.6 Å². The van der Waals surface area contributed by atoms with Crippen molar-refractivity contribution < 1.29 is 23.2 Å². The van der Waals surface area contributed by atoms with Crippen LogP contribution in [0.4, 0.5) is 0 Å². The van der Waals surface area contributed by atoms with E-state index < -0.39 is 7.82 Å². The summed E-state index contributed by atoms with van der Waals surface area (Å²) in [6, 6.07) is 0. The Hall–Kier alpha value is 0.0700. The number of hydrogen-bond acceptors (Lipinski definition) is 5. The van der Waals surface area contributed by atoms with Crippen molar-refractivity contribution in [1.82, 2.24) is 0 Å². The summed E-state index contributed by atoms with van der Waals surface area (Å²) in [5.74, 6) is 0. The van der Waals surface area contributed by atoms with Crippen LogP contribution in [-0.2, 0) is 18.1 Å². The largest absolute Gasteiger partial charge is 0.474 e. The fourth-order valence-corrected chi connectivity index (χ4v) is 3.89. The molecule has 0 fully saturated rings. The van der Waals surface area contributed by atoms with Crippen LogP contribution >= 0.6 is 7.82 Å². The molecule has 158 valence electrons. The van der Waals surface area contributed by atoms with Crippen molar-refractivity contribution in [2.24, 2.45) is 0 Å². The Morgan fingerprint density at radius 1 is 0.654 bits per heavy atom. The zero-order valence-corrected chi connectivity index (χ0v) is 18.1. The average molecular weight is 395 g/mol. The fraction of sp³-hybridized carbons (Fsp3) is 1.00. The van der Waals surface area contributed by atoms with E-state index in [1.54, 1.807) is 0 Å². The van der Waals surface area contributed by atoms with Gasteiger partial charge in [-0.1, -0.05) is 96.8 Å². The Kier molecular flexibility index (Phi) is 19.9. The van der Waals surface area contributed by atoms with Gasteiger partial charge in [0, 0.05) is 7.11 Å². The maximum absolute atomic E-state index is 11.9. The van der Waals surface area contributed by atoms with Crippen LogP contribution in [0.2, 0.25) is 0 Å². The summed E-state index contributed by atoms with van der Waals surface area (Å²) in [7, 11) is -2.17. The van der Waals surface area contributed by atoms with Gasteiger partial charge in [-0.2, -0.15) is 0 Å². The molecule has 0 radical (unpaired) electrons. The lowest BCUT2D eigenvalue weighted by Crippen LogP contribution is -2.03. The molecule has 0 saturated carbocycles. The van der Waals surface area contributed by atoms with Crippen LogP contribution < -0.4 is 0 Å². The third-order valence-electron chi connectivity index (χ3n) is 4.56. The molecule has 0 aliphatic heterocycles. The molecule has 0 aromatic heterocycles. The van der Waals surface area contributed by atoms with Crippen molar-refractivity contribution in [3.8, 4) is 0 Å². The van der Waals surface area contributed by atoms with Gasteiger partial charge in [-0.15, -0.1) is 0 Å². The molecule has 0 spiro atoms. The van der Waals surface area contributed by atoms with Crippen LogP contribution in [0, 0.1) is 0 Å². The van der Waals surface area contributed by atoms with Gasteiger partial charge in [-0.3, -0.25) is 13.6 Å². The number of unbranched alkanes of at least 4 members (excludes halogenated alkanes) is 14. The quantitative estimate of drug-likeness (QED) is 0.175. The molecule has 0 heterocycles. The van der Waals surface area contributed by atoms with Gasteiger partial charge in [0.15, 0.2) is 0 Å². The number of rotatable bonds is 21. The van der Waals surface area contributed by atoms with E-state index in [1.807, 2.05) is 0 Å². The molecule has 5 nitrogen and oxygen atoms in total. The number of phosphoric acid groups is 1. The van der Waals surface area contributed by atoms with E-state index in [2.05, 4.69) is 6.92 Å². The number of hydrogen-bond donors (Lipinski definition) is 1. The summed E-state index contributed by atoms with van der Waals surface area (Å²) < 4.78 is 26.8. The lowest BCUT2D eigenvalue weighted by Gasteiger charge is -2.15. The molecule has 1 N–H and O–H groups in total. The van der Waals surface area contributed by atoms with Crippen molar-refractivity contribution in [1.29, 1.82) is 0 Å². The van der Waals surface area contributed by atoms with Crippen molar-refractivity contribution in [3.63, 3.8) is 0 Å². The second-order valence-electron chi connectivity index (χ2n) is 6.97. The van der Waals surface area contributed by atoms with E-state index in [9.17, 15) is 4.57 Å². The second-order valence-corrected chi connectivity index (χ2v) is 8.75. The van der Waals surface area contributed by atoms with Crippen LogP contribution in [0.25, 0.3) is 0 Å². The molecular formula is C20H43O5P. The molecule has 6 heteroatoms. The molecular weight excluding hydrogens is 351 g/mol. The van der Waals surface area contributed by atoms with Gasteiger partial charge in [0.1, 0.15) is 0 Å². The van der Waals surface area contributed by atoms with Crippen LogP contribution in [0.3, 0.4) is 0 Å². The zero-order valence-electron chi connectivity index (χ0n) is 17.3.